The van der Waals surface area contributed by atoms with Gasteiger partial charge >= 0.3 is 0 Å². The van der Waals surface area contributed by atoms with Crippen molar-refractivity contribution >= 4 is 62.3 Å². The summed E-state index contributed by atoms with van der Waals surface area (Å²) in [4.78, 5) is 28.4. The number of amides is 2. The molecule has 0 aliphatic carbocycles. The number of hydrogen-bond donors (Lipinski definition) is 1. The van der Waals surface area contributed by atoms with Crippen LogP contribution in [0.1, 0.15) is 33.3 Å². The molecule has 3 aromatic carbocycles. The lowest BCUT2D eigenvalue weighted by Gasteiger charge is -2.33. The fourth-order valence-corrected chi connectivity index (χ4v) is 5.99. The minimum Gasteiger partial charge on any atom is -0.350 e. The van der Waals surface area contributed by atoms with Gasteiger partial charge in [0.05, 0.1) is 15.6 Å². The Morgan fingerprint density at radius 3 is 2.10 bits per heavy atom. The lowest BCUT2D eigenvalue weighted by molar-refractivity contribution is -0.140. The molecule has 0 aromatic heterocycles. The van der Waals surface area contributed by atoms with E-state index in [1.165, 1.54) is 29.2 Å². The van der Waals surface area contributed by atoms with E-state index in [4.69, 9.17) is 34.8 Å². The van der Waals surface area contributed by atoms with Gasteiger partial charge in [-0.15, -0.1) is 0 Å². The third kappa shape index (κ3) is 7.88. The summed E-state index contributed by atoms with van der Waals surface area (Å²) in [6.45, 7) is 6.38. The number of hydrogen-bond acceptors (Lipinski definition) is 4. The fraction of sp³-hybridized carbons (Fsp3) is 0.286. The molecule has 2 amide bonds. The molecule has 0 aliphatic rings. The monoisotopic (exact) mass is 609 g/mol. The number of halogens is 3. The van der Waals surface area contributed by atoms with Crippen LogP contribution >= 0.6 is 34.8 Å². The summed E-state index contributed by atoms with van der Waals surface area (Å²) >= 11 is 18.8. The van der Waals surface area contributed by atoms with E-state index in [0.717, 1.165) is 4.31 Å². The first-order chi connectivity index (χ1) is 18.2. The predicted octanol–water partition coefficient (Wildman–Crippen LogP) is 6.17. The number of carbonyl (C=O) groups is 2. The molecular formula is C28H30Cl3N3O4S. The number of carbonyl (C=O) groups excluding carboxylic acids is 2. The van der Waals surface area contributed by atoms with Crippen molar-refractivity contribution in [2.75, 3.05) is 10.8 Å². The Morgan fingerprint density at radius 1 is 0.897 bits per heavy atom. The molecule has 11 heteroatoms. The number of rotatable bonds is 9. The number of benzene rings is 3. The van der Waals surface area contributed by atoms with Crippen molar-refractivity contribution in [2.45, 2.75) is 50.7 Å². The van der Waals surface area contributed by atoms with Crippen molar-refractivity contribution in [1.82, 2.24) is 10.2 Å². The largest absolute Gasteiger partial charge is 0.350 e. The summed E-state index contributed by atoms with van der Waals surface area (Å²) in [5.41, 5.74) is 0.116. The summed E-state index contributed by atoms with van der Waals surface area (Å²) in [5, 5.41) is 3.75. The Kier molecular flexibility index (Phi) is 9.93. The second-order valence-electron chi connectivity index (χ2n) is 9.95. The molecular weight excluding hydrogens is 581 g/mol. The van der Waals surface area contributed by atoms with Crippen molar-refractivity contribution in [1.29, 1.82) is 0 Å². The van der Waals surface area contributed by atoms with E-state index in [-0.39, 0.29) is 22.2 Å². The molecule has 0 saturated carbocycles. The Morgan fingerprint density at radius 2 is 1.51 bits per heavy atom. The first kappa shape index (κ1) is 30.8. The first-order valence-electron chi connectivity index (χ1n) is 12.1. The zero-order valence-electron chi connectivity index (χ0n) is 22.0. The third-order valence-electron chi connectivity index (χ3n) is 5.75. The van der Waals surface area contributed by atoms with E-state index in [1.54, 1.807) is 55.5 Å². The molecule has 0 radical (unpaired) electrons. The summed E-state index contributed by atoms with van der Waals surface area (Å²) in [6.07, 6.45) is 0. The van der Waals surface area contributed by atoms with Crippen LogP contribution in [0, 0.1) is 0 Å². The third-order valence-corrected chi connectivity index (χ3v) is 8.43. The topological polar surface area (TPSA) is 86.8 Å². The molecule has 0 fully saturated rings. The normalized spacial score (nSPS) is 12.5. The van der Waals surface area contributed by atoms with Crippen molar-refractivity contribution in [3.8, 4) is 0 Å². The lowest BCUT2D eigenvalue weighted by Crippen LogP contribution is -2.54. The molecule has 39 heavy (non-hydrogen) atoms. The Hall–Kier alpha value is -2.78. The SMILES string of the molecule is C[C@@H](C(=O)NC(C)(C)C)N(Cc1ccc(Cl)cc1Cl)C(=O)CN(c1ccccc1Cl)S(=O)(=O)c1ccccc1. The van der Waals surface area contributed by atoms with Gasteiger partial charge in [-0.05, 0) is 69.7 Å². The Balaban J connectivity index is 2.06. The van der Waals surface area contributed by atoms with Gasteiger partial charge in [-0.2, -0.15) is 0 Å². The zero-order chi connectivity index (χ0) is 29.0. The van der Waals surface area contributed by atoms with Crippen LogP contribution in [0.4, 0.5) is 5.69 Å². The standard InChI is InChI=1S/C28H30Cl3N3O4S/c1-19(27(36)32-28(2,3)4)33(17-20-14-15-21(29)16-24(20)31)26(35)18-34(25-13-9-8-12-23(25)30)39(37,38)22-10-6-5-7-11-22/h5-16,19H,17-18H2,1-4H3,(H,32,36)/t19-/m0/s1. The molecule has 7 nitrogen and oxygen atoms in total. The molecule has 0 spiro atoms. The van der Waals surface area contributed by atoms with Gasteiger partial charge in [0.1, 0.15) is 12.6 Å². The van der Waals surface area contributed by atoms with Gasteiger partial charge in [0, 0.05) is 22.1 Å². The molecule has 1 atom stereocenters. The van der Waals surface area contributed by atoms with Crippen LogP contribution in [0.25, 0.3) is 0 Å². The van der Waals surface area contributed by atoms with E-state index >= 15 is 0 Å². The van der Waals surface area contributed by atoms with Gasteiger partial charge in [-0.25, -0.2) is 8.42 Å². The zero-order valence-corrected chi connectivity index (χ0v) is 25.1. The molecule has 0 saturated heterocycles. The summed E-state index contributed by atoms with van der Waals surface area (Å²) in [5.74, 6) is -1.03. The van der Waals surface area contributed by atoms with E-state index < -0.39 is 40.0 Å². The van der Waals surface area contributed by atoms with E-state index in [1.807, 2.05) is 20.8 Å². The number of nitrogens with zero attached hydrogens (tertiary/aromatic N) is 2. The van der Waals surface area contributed by atoms with Crippen LogP contribution in [0.3, 0.4) is 0 Å². The van der Waals surface area contributed by atoms with Crippen LogP contribution in [0.15, 0.2) is 77.7 Å². The van der Waals surface area contributed by atoms with Gasteiger partial charge in [-0.3, -0.25) is 13.9 Å². The van der Waals surface area contributed by atoms with Crippen molar-refractivity contribution in [2.24, 2.45) is 0 Å². The molecule has 3 aromatic rings. The molecule has 1 N–H and O–H groups in total. The molecule has 208 valence electrons. The number of sulfonamides is 1. The summed E-state index contributed by atoms with van der Waals surface area (Å²) < 4.78 is 28.5. The molecule has 0 unspecified atom stereocenters. The average molecular weight is 611 g/mol. The van der Waals surface area contributed by atoms with Crippen molar-refractivity contribution in [3.05, 3.63) is 93.4 Å². The average Bonchev–Trinajstić information content (AvgIpc) is 2.86. The van der Waals surface area contributed by atoms with Gasteiger partial charge in [0.25, 0.3) is 10.0 Å². The van der Waals surface area contributed by atoms with Gasteiger partial charge in [-0.1, -0.05) is 71.2 Å². The van der Waals surface area contributed by atoms with Gasteiger partial charge < -0.3 is 10.2 Å². The van der Waals surface area contributed by atoms with Crippen LogP contribution < -0.4 is 9.62 Å². The van der Waals surface area contributed by atoms with Crippen molar-refractivity contribution < 1.29 is 18.0 Å². The van der Waals surface area contributed by atoms with Crippen LogP contribution in [0.2, 0.25) is 15.1 Å². The highest BCUT2D eigenvalue weighted by Gasteiger charge is 2.34. The van der Waals surface area contributed by atoms with Gasteiger partial charge in [0.2, 0.25) is 11.8 Å². The maximum absolute atomic E-state index is 13.9. The summed E-state index contributed by atoms with van der Waals surface area (Å²) in [7, 11) is -4.21. The maximum atomic E-state index is 13.9. The highest BCUT2D eigenvalue weighted by atomic mass is 35.5. The number of nitrogens with one attached hydrogen (secondary N) is 1. The molecule has 0 heterocycles. The van der Waals surface area contributed by atoms with E-state index in [9.17, 15) is 18.0 Å². The highest BCUT2D eigenvalue weighted by Crippen LogP contribution is 2.31. The second kappa shape index (κ2) is 12.6. The second-order valence-corrected chi connectivity index (χ2v) is 13.1. The minimum absolute atomic E-state index is 0.0106. The highest BCUT2D eigenvalue weighted by molar-refractivity contribution is 7.92. The maximum Gasteiger partial charge on any atom is 0.264 e. The predicted molar refractivity (Wildman–Crippen MR) is 157 cm³/mol. The molecule has 3 rings (SSSR count). The lowest BCUT2D eigenvalue weighted by atomic mass is 10.1. The fourth-order valence-electron chi connectivity index (χ4n) is 3.78. The van der Waals surface area contributed by atoms with Crippen LogP contribution in [-0.4, -0.2) is 43.3 Å². The number of anilines is 1. The quantitative estimate of drug-likeness (QED) is 0.314. The Bertz CT molecular complexity index is 1440. The van der Waals surface area contributed by atoms with E-state index in [2.05, 4.69) is 5.32 Å². The van der Waals surface area contributed by atoms with Crippen molar-refractivity contribution in [3.63, 3.8) is 0 Å². The minimum atomic E-state index is -4.21. The Labute approximate surface area is 244 Å². The summed E-state index contributed by atoms with van der Waals surface area (Å²) in [6, 6.07) is 18.0. The van der Waals surface area contributed by atoms with Gasteiger partial charge in [0.15, 0.2) is 0 Å². The first-order valence-corrected chi connectivity index (χ1v) is 14.7. The molecule has 0 aliphatic heterocycles. The van der Waals surface area contributed by atoms with E-state index in [0.29, 0.717) is 15.6 Å². The van der Waals surface area contributed by atoms with Crippen LogP contribution in [-0.2, 0) is 26.2 Å². The smallest absolute Gasteiger partial charge is 0.264 e. The molecule has 0 bridgehead atoms. The number of para-hydroxylation sites is 1. The van der Waals surface area contributed by atoms with Crippen LogP contribution in [0.5, 0.6) is 0 Å².